The molecule has 1 heterocycles. The Kier molecular flexibility index (Phi) is 6.90. The first kappa shape index (κ1) is 24.2. The van der Waals surface area contributed by atoms with Gasteiger partial charge in [0.1, 0.15) is 18.5 Å². The van der Waals surface area contributed by atoms with Gasteiger partial charge in [-0.15, -0.1) is 0 Å². The minimum atomic E-state index is -4.03. The smallest absolute Gasteiger partial charge is 0.297 e. The van der Waals surface area contributed by atoms with Crippen molar-refractivity contribution in [2.75, 3.05) is 13.2 Å². The van der Waals surface area contributed by atoms with Crippen LogP contribution in [0.5, 0.6) is 5.75 Å². The molecule has 0 amide bonds. The molecule has 3 aromatic rings. The van der Waals surface area contributed by atoms with Gasteiger partial charge in [0.15, 0.2) is 0 Å². The lowest BCUT2D eigenvalue weighted by Crippen LogP contribution is -2.31. The number of hydrogen-bond donors (Lipinski definition) is 0. The average molecular weight is 501 g/mol. The molecule has 0 aliphatic carbocycles. The van der Waals surface area contributed by atoms with Gasteiger partial charge >= 0.3 is 0 Å². The van der Waals surface area contributed by atoms with Crippen molar-refractivity contribution in [1.82, 2.24) is 0 Å². The van der Waals surface area contributed by atoms with Crippen LogP contribution >= 0.6 is 0 Å². The van der Waals surface area contributed by atoms with Gasteiger partial charge < -0.3 is 4.74 Å². The lowest BCUT2D eigenvalue weighted by molar-refractivity contribution is 0.146. The summed E-state index contributed by atoms with van der Waals surface area (Å²) in [6.45, 7) is 3.05. The normalized spacial score (nSPS) is 15.8. The average Bonchev–Trinajstić information content (AvgIpc) is 2.82. The predicted molar refractivity (Wildman–Crippen MR) is 127 cm³/mol. The second kappa shape index (κ2) is 9.71. The summed E-state index contributed by atoms with van der Waals surface area (Å²) in [7, 11) is -8.06. The van der Waals surface area contributed by atoms with Gasteiger partial charge in [-0.3, -0.25) is 8.37 Å². The quantitative estimate of drug-likeness (QED) is 0.427. The largest absolute Gasteiger partial charge is 0.483 e. The van der Waals surface area contributed by atoms with E-state index in [1.165, 1.54) is 24.3 Å². The van der Waals surface area contributed by atoms with Gasteiger partial charge in [0.2, 0.25) is 0 Å². The van der Waals surface area contributed by atoms with Gasteiger partial charge in [-0.2, -0.15) is 16.8 Å². The first-order valence-corrected chi connectivity index (χ1v) is 13.3. The van der Waals surface area contributed by atoms with E-state index in [1.807, 2.05) is 26.0 Å². The fraction of sp³-hybridized carbons (Fsp3) is 0.200. The summed E-state index contributed by atoms with van der Waals surface area (Å²) in [5, 5.41) is 0. The predicted octanol–water partition coefficient (Wildman–Crippen LogP) is 4.26. The third-order valence-corrected chi connectivity index (χ3v) is 7.89. The molecular formula is C25H24O7S2. The molecule has 0 saturated carbocycles. The molecule has 0 spiro atoms. The van der Waals surface area contributed by atoms with E-state index in [2.05, 4.69) is 0 Å². The molecule has 1 atom stereocenters. The molecule has 1 aliphatic heterocycles. The van der Waals surface area contributed by atoms with E-state index >= 15 is 0 Å². The van der Waals surface area contributed by atoms with Gasteiger partial charge in [-0.1, -0.05) is 53.6 Å². The summed E-state index contributed by atoms with van der Waals surface area (Å²) in [5.41, 5.74) is 3.01. The Morgan fingerprint density at radius 2 is 1.26 bits per heavy atom. The van der Waals surface area contributed by atoms with Crippen LogP contribution < -0.4 is 4.74 Å². The molecule has 0 aromatic heterocycles. The Morgan fingerprint density at radius 3 is 1.85 bits per heavy atom. The molecule has 34 heavy (non-hydrogen) atoms. The van der Waals surface area contributed by atoms with Crippen molar-refractivity contribution < 1.29 is 29.9 Å². The fourth-order valence-corrected chi connectivity index (χ4v) is 5.15. The highest BCUT2D eigenvalue weighted by Gasteiger charge is 2.28. The molecular weight excluding hydrogens is 476 g/mol. The maximum Gasteiger partial charge on any atom is 0.297 e. The zero-order valence-electron chi connectivity index (χ0n) is 18.7. The summed E-state index contributed by atoms with van der Waals surface area (Å²) in [4.78, 5) is 0.0589. The van der Waals surface area contributed by atoms with Crippen LogP contribution in [0.3, 0.4) is 0 Å². The van der Waals surface area contributed by atoms with Crippen LogP contribution in [0.1, 0.15) is 16.7 Å². The van der Waals surface area contributed by atoms with E-state index in [1.54, 1.807) is 42.5 Å². The summed E-state index contributed by atoms with van der Waals surface area (Å²) in [5.74, 6) is 0.536. The molecule has 7 nitrogen and oxygen atoms in total. The molecule has 0 saturated heterocycles. The van der Waals surface area contributed by atoms with E-state index in [0.29, 0.717) is 11.3 Å². The number of hydrogen-bond acceptors (Lipinski definition) is 7. The Morgan fingerprint density at radius 1 is 0.735 bits per heavy atom. The van der Waals surface area contributed by atoms with Crippen molar-refractivity contribution >= 4 is 26.3 Å². The Labute approximate surface area is 199 Å². The highest BCUT2D eigenvalue weighted by Crippen LogP contribution is 2.31. The van der Waals surface area contributed by atoms with E-state index in [0.717, 1.165) is 16.7 Å². The van der Waals surface area contributed by atoms with Crippen LogP contribution in [0.25, 0.3) is 6.08 Å². The van der Waals surface area contributed by atoms with Crippen molar-refractivity contribution in [2.45, 2.75) is 29.7 Å². The summed E-state index contributed by atoms with van der Waals surface area (Å²) in [6.07, 6.45) is 0.874. The van der Waals surface area contributed by atoms with Crippen LogP contribution in [0.4, 0.5) is 0 Å². The molecule has 4 rings (SSSR count). The van der Waals surface area contributed by atoms with E-state index in [4.69, 9.17) is 13.1 Å². The van der Waals surface area contributed by atoms with Gasteiger partial charge in [0.25, 0.3) is 20.2 Å². The monoisotopic (exact) mass is 500 g/mol. The Bertz CT molecular complexity index is 1410. The van der Waals surface area contributed by atoms with Crippen LogP contribution in [-0.4, -0.2) is 36.2 Å². The number of rotatable bonds is 8. The van der Waals surface area contributed by atoms with E-state index < -0.39 is 26.3 Å². The molecule has 0 bridgehead atoms. The molecule has 9 heteroatoms. The van der Waals surface area contributed by atoms with Gasteiger partial charge in [0, 0.05) is 11.1 Å². The van der Waals surface area contributed by atoms with Gasteiger partial charge in [-0.05, 0) is 50.3 Å². The second-order valence-electron chi connectivity index (χ2n) is 7.94. The second-order valence-corrected chi connectivity index (χ2v) is 11.2. The number of benzene rings is 3. The van der Waals surface area contributed by atoms with Crippen LogP contribution in [0.15, 0.2) is 88.2 Å². The van der Waals surface area contributed by atoms with Crippen molar-refractivity contribution in [3.8, 4) is 5.75 Å². The minimum Gasteiger partial charge on any atom is -0.483 e. The molecule has 178 valence electrons. The van der Waals surface area contributed by atoms with E-state index in [-0.39, 0.29) is 23.0 Å². The molecule has 1 aliphatic rings. The lowest BCUT2D eigenvalue weighted by Gasteiger charge is -2.27. The lowest BCUT2D eigenvalue weighted by atomic mass is 10.0. The first-order chi connectivity index (χ1) is 16.1. The van der Waals surface area contributed by atoms with Crippen LogP contribution in [-0.2, 0) is 28.6 Å². The highest BCUT2D eigenvalue weighted by molar-refractivity contribution is 7.87. The molecule has 0 fully saturated rings. The molecule has 3 aromatic carbocycles. The third kappa shape index (κ3) is 5.56. The standard InChI is InChI=1S/C25H24O7S2/c1-18-7-11-22(12-8-18)33(26,27)30-16-21-15-20-5-3-4-6-24(20)32-25(21)17-31-34(28,29)23-13-9-19(2)10-14-23/h3-15,25H,16-17H2,1-2H3. The minimum absolute atomic E-state index is 0.0260. The van der Waals surface area contributed by atoms with Crippen molar-refractivity contribution in [3.05, 3.63) is 95.1 Å². The zero-order chi connectivity index (χ0) is 24.3. The number of fused-ring (bicyclic) bond motifs is 1. The zero-order valence-corrected chi connectivity index (χ0v) is 20.3. The highest BCUT2D eigenvalue weighted by atomic mass is 32.2. The SMILES string of the molecule is Cc1ccc(S(=O)(=O)OCC2=Cc3ccccc3OC2COS(=O)(=O)c2ccc(C)cc2)cc1. The van der Waals surface area contributed by atoms with Crippen molar-refractivity contribution in [3.63, 3.8) is 0 Å². The summed E-state index contributed by atoms with van der Waals surface area (Å²) >= 11 is 0. The number of ether oxygens (including phenoxy) is 1. The maximum absolute atomic E-state index is 12.7. The first-order valence-electron chi connectivity index (χ1n) is 10.5. The Hall–Kier alpha value is -2.98. The third-order valence-electron chi connectivity index (χ3n) is 5.32. The molecule has 1 unspecified atom stereocenters. The summed E-state index contributed by atoms with van der Waals surface area (Å²) < 4.78 is 67.1. The van der Waals surface area contributed by atoms with Crippen molar-refractivity contribution in [1.29, 1.82) is 0 Å². The fourth-order valence-electron chi connectivity index (χ4n) is 3.35. The number of para-hydroxylation sites is 1. The van der Waals surface area contributed by atoms with E-state index in [9.17, 15) is 16.8 Å². The van der Waals surface area contributed by atoms with Gasteiger partial charge in [0.05, 0.1) is 16.4 Å². The van der Waals surface area contributed by atoms with Gasteiger partial charge in [-0.25, -0.2) is 0 Å². The molecule has 0 radical (unpaired) electrons. The van der Waals surface area contributed by atoms with Crippen LogP contribution in [0.2, 0.25) is 0 Å². The summed E-state index contributed by atoms with van der Waals surface area (Å²) in [6, 6.07) is 19.8. The number of aryl methyl sites for hydroxylation is 2. The topological polar surface area (TPSA) is 96.0 Å². The molecule has 0 N–H and O–H groups in total. The van der Waals surface area contributed by atoms with Crippen molar-refractivity contribution in [2.24, 2.45) is 0 Å². The Balaban J connectivity index is 1.53. The maximum atomic E-state index is 12.7. The van der Waals surface area contributed by atoms with Crippen LogP contribution in [0, 0.1) is 13.8 Å².